The van der Waals surface area contributed by atoms with Gasteiger partial charge >= 0.3 is 0 Å². The fourth-order valence-electron chi connectivity index (χ4n) is 3.70. The molecule has 2 N–H and O–H groups in total. The fraction of sp³-hybridized carbons (Fsp3) is 1.00. The summed E-state index contributed by atoms with van der Waals surface area (Å²) in [5.74, 6) is 2.73. The van der Waals surface area contributed by atoms with Gasteiger partial charge in [0.1, 0.15) is 0 Å². The minimum Gasteiger partial charge on any atom is -0.330 e. The van der Waals surface area contributed by atoms with Gasteiger partial charge in [0.15, 0.2) is 0 Å². The van der Waals surface area contributed by atoms with Crippen LogP contribution < -0.4 is 5.73 Å². The van der Waals surface area contributed by atoms with Gasteiger partial charge in [-0.3, -0.25) is 4.90 Å². The summed E-state index contributed by atoms with van der Waals surface area (Å²) in [5.41, 5.74) is 6.03. The molecule has 106 valence electrons. The summed E-state index contributed by atoms with van der Waals surface area (Å²) < 4.78 is 0. The summed E-state index contributed by atoms with van der Waals surface area (Å²) >= 11 is 0. The van der Waals surface area contributed by atoms with Gasteiger partial charge in [0, 0.05) is 12.6 Å². The van der Waals surface area contributed by atoms with Gasteiger partial charge in [0.05, 0.1) is 0 Å². The van der Waals surface area contributed by atoms with E-state index < -0.39 is 0 Å². The Morgan fingerprint density at radius 3 is 2.33 bits per heavy atom. The van der Waals surface area contributed by atoms with Crippen molar-refractivity contribution in [3.8, 4) is 0 Å². The zero-order valence-electron chi connectivity index (χ0n) is 12.4. The Labute approximate surface area is 113 Å². The second kappa shape index (κ2) is 6.91. The summed E-state index contributed by atoms with van der Waals surface area (Å²) in [6.07, 6.45) is 9.78. The molecule has 0 aromatic rings. The molecule has 2 aliphatic rings. The molecule has 0 aliphatic heterocycles. The predicted molar refractivity (Wildman–Crippen MR) is 78.6 cm³/mol. The number of hydrogen-bond donors (Lipinski definition) is 1. The van der Waals surface area contributed by atoms with Gasteiger partial charge in [0.25, 0.3) is 0 Å². The monoisotopic (exact) mass is 252 g/mol. The van der Waals surface area contributed by atoms with Crippen LogP contribution in [-0.2, 0) is 0 Å². The number of nitrogens with zero attached hydrogens (tertiary/aromatic N) is 1. The highest BCUT2D eigenvalue weighted by atomic mass is 15.2. The molecule has 2 nitrogen and oxygen atoms in total. The van der Waals surface area contributed by atoms with Crippen LogP contribution in [0.3, 0.4) is 0 Å². The summed E-state index contributed by atoms with van der Waals surface area (Å²) in [4.78, 5) is 2.80. The van der Waals surface area contributed by atoms with E-state index in [0.717, 1.165) is 30.3 Å². The van der Waals surface area contributed by atoms with Crippen LogP contribution in [0, 0.1) is 17.8 Å². The summed E-state index contributed by atoms with van der Waals surface area (Å²) in [6.45, 7) is 8.21. The number of hydrogen-bond acceptors (Lipinski definition) is 2. The SMILES string of the molecule is CCCN(CC1CC1)C1CC(CC)CCC1CN. The van der Waals surface area contributed by atoms with Crippen LogP contribution >= 0.6 is 0 Å². The lowest BCUT2D eigenvalue weighted by molar-refractivity contribution is 0.0763. The summed E-state index contributed by atoms with van der Waals surface area (Å²) in [6, 6.07) is 0.786. The Bertz CT molecular complexity index is 237. The highest BCUT2D eigenvalue weighted by molar-refractivity contribution is 4.89. The zero-order valence-corrected chi connectivity index (χ0v) is 12.4. The molecule has 2 aliphatic carbocycles. The van der Waals surface area contributed by atoms with E-state index in [0.29, 0.717) is 0 Å². The normalized spacial score (nSPS) is 33.0. The molecule has 2 fully saturated rings. The van der Waals surface area contributed by atoms with Gasteiger partial charge in [-0.15, -0.1) is 0 Å². The van der Waals surface area contributed by atoms with Crippen LogP contribution in [0.2, 0.25) is 0 Å². The van der Waals surface area contributed by atoms with E-state index >= 15 is 0 Å². The van der Waals surface area contributed by atoms with Gasteiger partial charge in [-0.2, -0.15) is 0 Å². The molecule has 2 heteroatoms. The highest BCUT2D eigenvalue weighted by Crippen LogP contribution is 2.37. The Balaban J connectivity index is 1.97. The molecule has 18 heavy (non-hydrogen) atoms. The molecule has 0 aromatic heterocycles. The maximum Gasteiger partial charge on any atom is 0.0138 e. The maximum absolute atomic E-state index is 6.03. The number of nitrogens with two attached hydrogens (primary N) is 1. The molecule has 2 rings (SSSR count). The lowest BCUT2D eigenvalue weighted by atomic mass is 9.76. The summed E-state index contributed by atoms with van der Waals surface area (Å²) in [5, 5.41) is 0. The van der Waals surface area contributed by atoms with E-state index in [9.17, 15) is 0 Å². The maximum atomic E-state index is 6.03. The third kappa shape index (κ3) is 3.71. The topological polar surface area (TPSA) is 29.3 Å². The van der Waals surface area contributed by atoms with Crippen molar-refractivity contribution in [2.24, 2.45) is 23.5 Å². The molecule has 0 amide bonds. The second-order valence-electron chi connectivity index (χ2n) is 6.59. The molecule has 3 atom stereocenters. The first-order valence-electron chi connectivity index (χ1n) is 8.22. The van der Waals surface area contributed by atoms with E-state index in [2.05, 4.69) is 18.7 Å². The lowest BCUT2D eigenvalue weighted by Crippen LogP contribution is -2.48. The van der Waals surface area contributed by atoms with Crippen LogP contribution in [0.5, 0.6) is 0 Å². The van der Waals surface area contributed by atoms with Gasteiger partial charge in [-0.1, -0.05) is 26.7 Å². The van der Waals surface area contributed by atoms with Crippen LogP contribution in [0.4, 0.5) is 0 Å². The van der Waals surface area contributed by atoms with Gasteiger partial charge in [-0.05, 0) is 62.9 Å². The first kappa shape index (κ1) is 14.3. The highest BCUT2D eigenvalue weighted by Gasteiger charge is 2.35. The molecule has 2 saturated carbocycles. The first-order valence-corrected chi connectivity index (χ1v) is 8.22. The fourth-order valence-corrected chi connectivity index (χ4v) is 3.70. The van der Waals surface area contributed by atoms with Crippen molar-refractivity contribution in [2.45, 2.75) is 64.8 Å². The molecular formula is C16H32N2. The largest absolute Gasteiger partial charge is 0.330 e. The van der Waals surface area contributed by atoms with Crippen molar-refractivity contribution in [1.29, 1.82) is 0 Å². The van der Waals surface area contributed by atoms with Crippen LogP contribution in [0.15, 0.2) is 0 Å². The molecule has 0 heterocycles. The van der Waals surface area contributed by atoms with Gasteiger partial charge < -0.3 is 5.73 Å². The zero-order chi connectivity index (χ0) is 13.0. The standard InChI is InChI=1S/C16H32N2/c1-3-9-18(12-14-5-6-14)16-10-13(4-2)7-8-15(16)11-17/h13-16H,3-12,17H2,1-2H3. The van der Waals surface area contributed by atoms with Gasteiger partial charge in [-0.25, -0.2) is 0 Å². The van der Waals surface area contributed by atoms with E-state index in [1.807, 2.05) is 0 Å². The third-order valence-corrected chi connectivity index (χ3v) is 5.11. The lowest BCUT2D eigenvalue weighted by Gasteiger charge is -2.42. The quantitative estimate of drug-likeness (QED) is 0.753. The first-order chi connectivity index (χ1) is 8.78. The molecule has 0 spiro atoms. The van der Waals surface area contributed by atoms with Crippen LogP contribution in [0.25, 0.3) is 0 Å². The minimum atomic E-state index is 0.762. The van der Waals surface area contributed by atoms with Crippen molar-refractivity contribution in [1.82, 2.24) is 4.90 Å². The van der Waals surface area contributed by atoms with Gasteiger partial charge in [0.2, 0.25) is 0 Å². The Hall–Kier alpha value is -0.0800. The van der Waals surface area contributed by atoms with E-state index in [1.54, 1.807) is 0 Å². The van der Waals surface area contributed by atoms with Crippen molar-refractivity contribution >= 4 is 0 Å². The molecule has 0 radical (unpaired) electrons. The average molecular weight is 252 g/mol. The Morgan fingerprint density at radius 2 is 1.78 bits per heavy atom. The Kier molecular flexibility index (Phi) is 5.50. The Morgan fingerprint density at radius 1 is 1.06 bits per heavy atom. The third-order valence-electron chi connectivity index (χ3n) is 5.11. The molecule has 3 unspecified atom stereocenters. The molecule has 0 saturated heterocycles. The van der Waals surface area contributed by atoms with Crippen molar-refractivity contribution in [3.63, 3.8) is 0 Å². The number of rotatable bonds is 7. The van der Waals surface area contributed by atoms with Crippen molar-refractivity contribution < 1.29 is 0 Å². The predicted octanol–water partition coefficient (Wildman–Crippen LogP) is 3.26. The van der Waals surface area contributed by atoms with Crippen molar-refractivity contribution in [3.05, 3.63) is 0 Å². The van der Waals surface area contributed by atoms with E-state index in [1.165, 1.54) is 58.0 Å². The molecule has 0 bridgehead atoms. The second-order valence-corrected chi connectivity index (χ2v) is 6.59. The van der Waals surface area contributed by atoms with Crippen LogP contribution in [-0.4, -0.2) is 30.6 Å². The van der Waals surface area contributed by atoms with E-state index in [4.69, 9.17) is 5.73 Å². The smallest absolute Gasteiger partial charge is 0.0138 e. The van der Waals surface area contributed by atoms with E-state index in [-0.39, 0.29) is 0 Å². The summed E-state index contributed by atoms with van der Waals surface area (Å²) in [7, 11) is 0. The minimum absolute atomic E-state index is 0.762. The molecular weight excluding hydrogens is 220 g/mol. The van der Waals surface area contributed by atoms with Crippen molar-refractivity contribution in [2.75, 3.05) is 19.6 Å². The average Bonchev–Trinajstić information content (AvgIpc) is 3.21. The van der Waals surface area contributed by atoms with Crippen LogP contribution in [0.1, 0.15) is 58.8 Å². The molecule has 0 aromatic carbocycles.